The quantitative estimate of drug-likeness (QED) is 0.781. The molecule has 0 aliphatic carbocycles. The van der Waals surface area contributed by atoms with Crippen molar-refractivity contribution in [2.45, 2.75) is 60.1 Å². The average Bonchev–Trinajstić information content (AvgIpc) is 2.91. The molecule has 148 valence electrons. The molecule has 0 saturated heterocycles. The lowest BCUT2D eigenvalue weighted by Gasteiger charge is -2.22. The van der Waals surface area contributed by atoms with Gasteiger partial charge in [-0.05, 0) is 71.7 Å². The molecular formula is C21H30N2O4. The number of hydrogen-bond donors (Lipinski definition) is 1. The Morgan fingerprint density at radius 1 is 1.19 bits per heavy atom. The first-order valence-corrected chi connectivity index (χ1v) is 9.29. The molecule has 0 unspecified atom stereocenters. The lowest BCUT2D eigenvalue weighted by atomic mass is 10.1. The number of carbonyl (C=O) groups is 2. The molecule has 1 atom stereocenters. The molecule has 1 aromatic heterocycles. The zero-order valence-electron chi connectivity index (χ0n) is 17.3. The molecule has 1 aromatic carbocycles. The average molecular weight is 374 g/mol. The molecule has 1 amide bonds. The fourth-order valence-electron chi connectivity index (χ4n) is 3.15. The molecule has 6 nitrogen and oxygen atoms in total. The fourth-order valence-corrected chi connectivity index (χ4v) is 3.15. The van der Waals surface area contributed by atoms with Gasteiger partial charge in [0.15, 0.2) is 0 Å². The van der Waals surface area contributed by atoms with Crippen molar-refractivity contribution in [1.29, 1.82) is 0 Å². The van der Waals surface area contributed by atoms with Crippen molar-refractivity contribution in [1.82, 2.24) is 9.88 Å². The standard InChI is InChI=1S/C21H30N2O4/c1-8-26-19(24)18-11-16-14(3)9-13(2)10-17(16)23(18)15(4)12-22-20(25)27-21(5,6)7/h9-11,15H,8,12H2,1-7H3,(H,22,25)/t15-/m1/s1. The van der Waals surface area contributed by atoms with E-state index in [1.54, 1.807) is 6.92 Å². The summed E-state index contributed by atoms with van der Waals surface area (Å²) < 4.78 is 12.5. The summed E-state index contributed by atoms with van der Waals surface area (Å²) in [5.74, 6) is -0.366. The Labute approximate surface area is 160 Å². The molecule has 2 rings (SSSR count). The molecule has 2 aromatic rings. The number of alkyl carbamates (subject to hydrolysis) is 1. The third-order valence-corrected chi connectivity index (χ3v) is 4.18. The Hall–Kier alpha value is -2.50. The van der Waals surface area contributed by atoms with Crippen molar-refractivity contribution < 1.29 is 19.1 Å². The number of hydrogen-bond acceptors (Lipinski definition) is 4. The fraction of sp³-hybridized carbons (Fsp3) is 0.524. The first-order chi connectivity index (χ1) is 12.5. The molecule has 6 heteroatoms. The number of aromatic nitrogens is 1. The van der Waals surface area contributed by atoms with E-state index in [9.17, 15) is 9.59 Å². The first-order valence-electron chi connectivity index (χ1n) is 9.29. The van der Waals surface area contributed by atoms with Gasteiger partial charge in [0.2, 0.25) is 0 Å². The van der Waals surface area contributed by atoms with Crippen molar-refractivity contribution >= 4 is 23.0 Å². The van der Waals surface area contributed by atoms with Crippen molar-refractivity contribution in [3.05, 3.63) is 35.0 Å². The number of amides is 1. The van der Waals surface area contributed by atoms with Gasteiger partial charge in [0, 0.05) is 23.5 Å². The SMILES string of the molecule is CCOC(=O)c1cc2c(C)cc(C)cc2n1[C@H](C)CNC(=O)OC(C)(C)C. The van der Waals surface area contributed by atoms with Crippen molar-refractivity contribution in [2.75, 3.05) is 13.2 Å². The van der Waals surface area contributed by atoms with Crippen LogP contribution in [-0.4, -0.2) is 35.4 Å². The van der Waals surface area contributed by atoms with Crippen LogP contribution in [0.2, 0.25) is 0 Å². The second-order valence-corrected chi connectivity index (χ2v) is 7.87. The van der Waals surface area contributed by atoms with Gasteiger partial charge in [-0.1, -0.05) is 6.07 Å². The second-order valence-electron chi connectivity index (χ2n) is 7.87. The zero-order chi connectivity index (χ0) is 20.4. The van der Waals surface area contributed by atoms with E-state index in [0.717, 1.165) is 22.0 Å². The second kappa shape index (κ2) is 8.03. The highest BCUT2D eigenvalue weighted by molar-refractivity contribution is 5.97. The molecule has 0 spiro atoms. The molecule has 0 fully saturated rings. The summed E-state index contributed by atoms with van der Waals surface area (Å²) in [5.41, 5.74) is 3.09. The lowest BCUT2D eigenvalue weighted by molar-refractivity contribution is 0.0512. The van der Waals surface area contributed by atoms with Crippen LogP contribution in [0.15, 0.2) is 18.2 Å². The minimum absolute atomic E-state index is 0.157. The van der Waals surface area contributed by atoms with Crippen molar-refractivity contribution in [3.63, 3.8) is 0 Å². The van der Waals surface area contributed by atoms with Gasteiger partial charge in [-0.25, -0.2) is 9.59 Å². The Bertz CT molecular complexity index is 846. The van der Waals surface area contributed by atoms with Crippen molar-refractivity contribution in [2.24, 2.45) is 0 Å². The molecule has 0 aliphatic rings. The maximum Gasteiger partial charge on any atom is 0.407 e. The van der Waals surface area contributed by atoms with E-state index >= 15 is 0 Å². The molecular weight excluding hydrogens is 344 g/mol. The summed E-state index contributed by atoms with van der Waals surface area (Å²) in [7, 11) is 0. The van der Waals surface area contributed by atoms with Crippen LogP contribution in [0, 0.1) is 13.8 Å². The van der Waals surface area contributed by atoms with Gasteiger partial charge in [0.1, 0.15) is 11.3 Å². The van der Waals surface area contributed by atoms with E-state index in [1.807, 2.05) is 52.2 Å². The highest BCUT2D eigenvalue weighted by Gasteiger charge is 2.23. The molecule has 0 saturated carbocycles. The Kier molecular flexibility index (Phi) is 6.19. The molecule has 1 heterocycles. The molecule has 1 N–H and O–H groups in total. The number of rotatable bonds is 5. The zero-order valence-corrected chi connectivity index (χ0v) is 17.3. The number of nitrogens with zero attached hydrogens (tertiary/aromatic N) is 1. The van der Waals surface area contributed by atoms with Crippen LogP contribution in [0.4, 0.5) is 4.79 Å². The number of fused-ring (bicyclic) bond motifs is 1. The van der Waals surface area contributed by atoms with Crippen molar-refractivity contribution in [3.8, 4) is 0 Å². The third-order valence-electron chi connectivity index (χ3n) is 4.18. The predicted molar refractivity (Wildman–Crippen MR) is 106 cm³/mol. The topological polar surface area (TPSA) is 69.6 Å². The van der Waals surface area contributed by atoms with Gasteiger partial charge >= 0.3 is 12.1 Å². The van der Waals surface area contributed by atoms with Crippen LogP contribution in [-0.2, 0) is 9.47 Å². The summed E-state index contributed by atoms with van der Waals surface area (Å²) in [6.45, 7) is 13.9. The summed E-state index contributed by atoms with van der Waals surface area (Å²) in [4.78, 5) is 24.5. The maximum absolute atomic E-state index is 12.5. The molecule has 27 heavy (non-hydrogen) atoms. The molecule has 0 radical (unpaired) electrons. The number of benzene rings is 1. The van der Waals surface area contributed by atoms with Gasteiger partial charge in [-0.3, -0.25) is 0 Å². The summed E-state index contributed by atoms with van der Waals surface area (Å²) in [6, 6.07) is 5.85. The maximum atomic E-state index is 12.5. The summed E-state index contributed by atoms with van der Waals surface area (Å²) in [5, 5.41) is 3.79. The minimum Gasteiger partial charge on any atom is -0.461 e. The Morgan fingerprint density at radius 3 is 2.44 bits per heavy atom. The van der Waals surface area contributed by atoms with Crippen LogP contribution >= 0.6 is 0 Å². The monoisotopic (exact) mass is 374 g/mol. The van der Waals surface area contributed by atoms with E-state index in [4.69, 9.17) is 9.47 Å². The van der Waals surface area contributed by atoms with Crippen LogP contribution in [0.3, 0.4) is 0 Å². The summed E-state index contributed by atoms with van der Waals surface area (Å²) >= 11 is 0. The first kappa shape index (κ1) is 20.8. The molecule has 0 aliphatic heterocycles. The van der Waals surface area contributed by atoms with Crippen LogP contribution in [0.5, 0.6) is 0 Å². The number of nitrogens with one attached hydrogen (secondary N) is 1. The van der Waals surface area contributed by atoms with E-state index in [2.05, 4.69) is 17.4 Å². The highest BCUT2D eigenvalue weighted by atomic mass is 16.6. The number of aryl methyl sites for hydroxylation is 2. The number of carbonyl (C=O) groups excluding carboxylic acids is 2. The van der Waals surface area contributed by atoms with Gasteiger partial charge < -0.3 is 19.4 Å². The highest BCUT2D eigenvalue weighted by Crippen LogP contribution is 2.28. The van der Waals surface area contributed by atoms with E-state index in [-0.39, 0.29) is 12.0 Å². The lowest BCUT2D eigenvalue weighted by Crippen LogP contribution is -2.35. The smallest absolute Gasteiger partial charge is 0.407 e. The predicted octanol–water partition coefficient (Wildman–Crippen LogP) is 4.52. The molecule has 0 bridgehead atoms. The van der Waals surface area contributed by atoms with Gasteiger partial charge in [-0.2, -0.15) is 0 Å². The van der Waals surface area contributed by atoms with Crippen LogP contribution in [0.25, 0.3) is 10.9 Å². The van der Waals surface area contributed by atoms with Gasteiger partial charge in [0.05, 0.1) is 6.61 Å². The number of ether oxygens (including phenoxy) is 2. The van der Waals surface area contributed by atoms with E-state index in [0.29, 0.717) is 18.8 Å². The third kappa shape index (κ3) is 5.02. The minimum atomic E-state index is -0.558. The largest absolute Gasteiger partial charge is 0.461 e. The Balaban J connectivity index is 2.37. The van der Waals surface area contributed by atoms with Gasteiger partial charge in [0.25, 0.3) is 0 Å². The summed E-state index contributed by atoms with van der Waals surface area (Å²) in [6.07, 6.45) is -0.476. The van der Waals surface area contributed by atoms with E-state index in [1.165, 1.54) is 0 Å². The normalized spacial score (nSPS) is 12.7. The van der Waals surface area contributed by atoms with E-state index < -0.39 is 11.7 Å². The van der Waals surface area contributed by atoms with Crippen LogP contribution < -0.4 is 5.32 Å². The van der Waals surface area contributed by atoms with Gasteiger partial charge in [-0.15, -0.1) is 0 Å². The van der Waals surface area contributed by atoms with Crippen LogP contribution in [0.1, 0.15) is 62.3 Å². The number of esters is 1. The Morgan fingerprint density at radius 2 is 1.85 bits per heavy atom.